The van der Waals surface area contributed by atoms with E-state index in [2.05, 4.69) is 0 Å². The van der Waals surface area contributed by atoms with Crippen molar-refractivity contribution in [1.29, 1.82) is 0 Å². The lowest BCUT2D eigenvalue weighted by Crippen LogP contribution is -2.09. The van der Waals surface area contributed by atoms with E-state index in [1.54, 1.807) is 14.1 Å². The Morgan fingerprint density at radius 1 is 1.06 bits per heavy atom. The zero-order chi connectivity index (χ0) is 13.5. The molecular weight excluding hydrogens is 222 g/mol. The van der Waals surface area contributed by atoms with E-state index in [9.17, 15) is 9.59 Å². The highest BCUT2D eigenvalue weighted by atomic mass is 16.7. The van der Waals surface area contributed by atoms with Crippen molar-refractivity contribution in [3.8, 4) is 0 Å². The number of nitrogens with zero attached hydrogens (tertiary/aromatic N) is 1. The molecule has 0 aliphatic carbocycles. The third-order valence-electron chi connectivity index (χ3n) is 1.65. The van der Waals surface area contributed by atoms with Gasteiger partial charge in [-0.25, -0.2) is 4.79 Å². The minimum absolute atomic E-state index is 0.474. The Hall–Kier alpha value is -1.26. The minimum atomic E-state index is -0.531. The number of hydrogen-bond acceptors (Lipinski definition) is 4. The average Bonchev–Trinajstić information content (AvgIpc) is 2.30. The van der Waals surface area contributed by atoms with Crippen LogP contribution < -0.4 is 0 Å². The average molecular weight is 247 g/mol. The van der Waals surface area contributed by atoms with Gasteiger partial charge in [-0.15, -0.1) is 0 Å². The van der Waals surface area contributed by atoms with Crippen LogP contribution >= 0.6 is 0 Å². The standard InChI is InChI=1S/C9H18O3.C3H7NO/c1-3-5-7-11-9(10)12-8-6-4-2;1-4(2)3-5/h3-8H2,1-2H3;3H,1-2H3. The monoisotopic (exact) mass is 247 g/mol. The largest absolute Gasteiger partial charge is 0.508 e. The third kappa shape index (κ3) is 20.7. The topological polar surface area (TPSA) is 55.8 Å². The Morgan fingerprint density at radius 3 is 1.65 bits per heavy atom. The molecule has 0 unspecified atom stereocenters. The highest BCUT2D eigenvalue weighted by Crippen LogP contribution is 1.93. The zero-order valence-electron chi connectivity index (χ0n) is 11.4. The number of carbonyl (C=O) groups excluding carboxylic acids is 2. The molecule has 0 N–H and O–H groups in total. The van der Waals surface area contributed by atoms with Crippen molar-refractivity contribution in [1.82, 2.24) is 4.90 Å². The Balaban J connectivity index is 0. The first-order chi connectivity index (χ1) is 8.08. The molecule has 0 aromatic rings. The summed E-state index contributed by atoms with van der Waals surface area (Å²) in [5.41, 5.74) is 0. The van der Waals surface area contributed by atoms with E-state index in [-0.39, 0.29) is 0 Å². The second-order valence-electron chi connectivity index (χ2n) is 3.72. The van der Waals surface area contributed by atoms with Gasteiger partial charge < -0.3 is 14.4 Å². The van der Waals surface area contributed by atoms with Crippen molar-refractivity contribution in [2.45, 2.75) is 39.5 Å². The van der Waals surface area contributed by atoms with Crippen LogP contribution in [0.1, 0.15) is 39.5 Å². The van der Waals surface area contributed by atoms with Crippen LogP contribution in [0.4, 0.5) is 4.79 Å². The number of rotatable bonds is 7. The summed E-state index contributed by atoms with van der Waals surface area (Å²) in [7, 11) is 3.38. The zero-order valence-corrected chi connectivity index (χ0v) is 11.4. The number of carbonyl (C=O) groups is 2. The highest BCUT2D eigenvalue weighted by Gasteiger charge is 2.00. The summed E-state index contributed by atoms with van der Waals surface area (Å²) in [6.07, 6.45) is 4.09. The summed E-state index contributed by atoms with van der Waals surface area (Å²) in [5, 5.41) is 0. The summed E-state index contributed by atoms with van der Waals surface area (Å²) in [4.78, 5) is 21.6. The van der Waals surface area contributed by atoms with Crippen molar-refractivity contribution in [2.75, 3.05) is 27.3 Å². The molecule has 0 aliphatic rings. The van der Waals surface area contributed by atoms with E-state index in [1.807, 2.05) is 13.8 Å². The maximum Gasteiger partial charge on any atom is 0.508 e. The van der Waals surface area contributed by atoms with Crippen LogP contribution in [0.15, 0.2) is 0 Å². The highest BCUT2D eigenvalue weighted by molar-refractivity contribution is 5.59. The van der Waals surface area contributed by atoms with E-state index in [1.165, 1.54) is 4.90 Å². The van der Waals surface area contributed by atoms with Gasteiger partial charge >= 0.3 is 6.16 Å². The third-order valence-corrected chi connectivity index (χ3v) is 1.65. The molecule has 0 fully saturated rings. The van der Waals surface area contributed by atoms with E-state index in [4.69, 9.17) is 9.47 Å². The molecule has 102 valence electrons. The van der Waals surface area contributed by atoms with Gasteiger partial charge in [0.05, 0.1) is 13.2 Å². The fraction of sp³-hybridized carbons (Fsp3) is 0.833. The molecule has 0 aliphatic heterocycles. The molecule has 5 heteroatoms. The summed E-state index contributed by atoms with van der Waals surface area (Å²) in [6, 6.07) is 0. The van der Waals surface area contributed by atoms with E-state index >= 15 is 0 Å². The fourth-order valence-corrected chi connectivity index (χ4v) is 0.641. The summed E-state index contributed by atoms with van der Waals surface area (Å²) >= 11 is 0. The van der Waals surface area contributed by atoms with E-state index < -0.39 is 6.16 Å². The van der Waals surface area contributed by atoms with Crippen molar-refractivity contribution in [3.05, 3.63) is 0 Å². The summed E-state index contributed by atoms with van der Waals surface area (Å²) in [6.45, 7) is 5.04. The Morgan fingerprint density at radius 2 is 1.41 bits per heavy atom. The lowest BCUT2D eigenvalue weighted by Gasteiger charge is -2.04. The van der Waals surface area contributed by atoms with Gasteiger partial charge in [-0.2, -0.15) is 0 Å². The number of amides is 1. The molecule has 0 atom stereocenters. The molecule has 0 saturated heterocycles. The second kappa shape index (κ2) is 14.7. The van der Waals surface area contributed by atoms with Crippen molar-refractivity contribution in [2.24, 2.45) is 0 Å². The Bertz CT molecular complexity index is 171. The summed E-state index contributed by atoms with van der Waals surface area (Å²) < 4.78 is 9.54. The first kappa shape index (κ1) is 18.1. The predicted molar refractivity (Wildman–Crippen MR) is 66.9 cm³/mol. The predicted octanol–water partition coefficient (Wildman–Crippen LogP) is 2.44. The van der Waals surface area contributed by atoms with Crippen molar-refractivity contribution in [3.63, 3.8) is 0 Å². The lowest BCUT2D eigenvalue weighted by atomic mass is 10.4. The Kier molecular flexibility index (Phi) is 15.7. The fourth-order valence-electron chi connectivity index (χ4n) is 0.641. The minimum Gasteiger partial charge on any atom is -0.434 e. The first-order valence-corrected chi connectivity index (χ1v) is 5.99. The Labute approximate surface area is 104 Å². The second-order valence-corrected chi connectivity index (χ2v) is 3.72. The molecule has 17 heavy (non-hydrogen) atoms. The summed E-state index contributed by atoms with van der Waals surface area (Å²) in [5.74, 6) is 0. The van der Waals surface area contributed by atoms with Crippen LogP contribution in [0.3, 0.4) is 0 Å². The van der Waals surface area contributed by atoms with Crippen LogP contribution in [-0.4, -0.2) is 44.8 Å². The van der Waals surface area contributed by atoms with Crippen LogP contribution in [0.25, 0.3) is 0 Å². The van der Waals surface area contributed by atoms with Gasteiger partial charge in [-0.05, 0) is 12.8 Å². The van der Waals surface area contributed by atoms with Crippen LogP contribution in [0.5, 0.6) is 0 Å². The van der Waals surface area contributed by atoms with Gasteiger partial charge in [0, 0.05) is 14.1 Å². The van der Waals surface area contributed by atoms with Gasteiger partial charge in [-0.1, -0.05) is 26.7 Å². The van der Waals surface area contributed by atoms with Crippen molar-refractivity contribution < 1.29 is 19.1 Å². The molecule has 0 bridgehead atoms. The number of hydrogen-bond donors (Lipinski definition) is 0. The van der Waals surface area contributed by atoms with Crippen molar-refractivity contribution >= 4 is 12.6 Å². The van der Waals surface area contributed by atoms with Crippen LogP contribution in [-0.2, 0) is 14.3 Å². The normalized spacial score (nSPS) is 8.71. The van der Waals surface area contributed by atoms with Gasteiger partial charge in [-0.3, -0.25) is 4.79 Å². The SMILES string of the molecule is CCCCOC(=O)OCCCC.CN(C)C=O. The molecule has 0 rings (SSSR count). The smallest absolute Gasteiger partial charge is 0.434 e. The maximum atomic E-state index is 10.7. The molecule has 0 spiro atoms. The van der Waals surface area contributed by atoms with Gasteiger partial charge in [0.2, 0.25) is 6.41 Å². The van der Waals surface area contributed by atoms with Gasteiger partial charge in [0.15, 0.2) is 0 Å². The lowest BCUT2D eigenvalue weighted by molar-refractivity contribution is -0.115. The molecule has 0 aromatic heterocycles. The van der Waals surface area contributed by atoms with E-state index in [0.717, 1.165) is 32.1 Å². The number of ether oxygens (including phenoxy) is 2. The molecule has 0 aromatic carbocycles. The molecule has 0 saturated carbocycles. The maximum absolute atomic E-state index is 10.7. The molecule has 0 heterocycles. The quantitative estimate of drug-likeness (QED) is 0.394. The molecular formula is C12H25NO4. The van der Waals surface area contributed by atoms with Gasteiger partial charge in [0.25, 0.3) is 0 Å². The van der Waals surface area contributed by atoms with E-state index in [0.29, 0.717) is 13.2 Å². The van der Waals surface area contributed by atoms with Gasteiger partial charge in [0.1, 0.15) is 0 Å². The number of unbranched alkanes of at least 4 members (excludes halogenated alkanes) is 2. The van der Waals surface area contributed by atoms with Crippen LogP contribution in [0, 0.1) is 0 Å². The molecule has 0 radical (unpaired) electrons. The molecule has 5 nitrogen and oxygen atoms in total. The molecule has 1 amide bonds. The first-order valence-electron chi connectivity index (χ1n) is 5.99. The van der Waals surface area contributed by atoms with Crippen LogP contribution in [0.2, 0.25) is 0 Å².